The second-order valence-electron chi connectivity index (χ2n) is 7.31. The fraction of sp³-hybridized carbons (Fsp3) is 0.455. The number of aryl methyl sites for hydroxylation is 1. The summed E-state index contributed by atoms with van der Waals surface area (Å²) in [6, 6.07) is 18.7. The molecular formula is C22H30O2. The van der Waals surface area contributed by atoms with Gasteiger partial charge in [-0.05, 0) is 57.2 Å². The molecule has 2 rings (SSSR count). The lowest BCUT2D eigenvalue weighted by Gasteiger charge is -2.32. The van der Waals surface area contributed by atoms with Crippen LogP contribution in [0.25, 0.3) is 0 Å². The summed E-state index contributed by atoms with van der Waals surface area (Å²) >= 11 is 0. The van der Waals surface area contributed by atoms with Crippen LogP contribution in [-0.4, -0.2) is 0 Å². The van der Waals surface area contributed by atoms with Gasteiger partial charge in [-0.3, -0.25) is 0 Å². The van der Waals surface area contributed by atoms with E-state index in [1.54, 1.807) is 0 Å². The van der Waals surface area contributed by atoms with Crippen LogP contribution in [0.4, 0.5) is 0 Å². The molecule has 0 saturated heterocycles. The SMILES string of the molecule is CCCCc1ccccc1C(C)(C)OOC(C)(C)c1ccccc1. The van der Waals surface area contributed by atoms with Crippen LogP contribution in [0.1, 0.15) is 64.2 Å². The normalized spacial score (nSPS) is 12.4. The molecule has 0 amide bonds. The largest absolute Gasteiger partial charge is 0.225 e. The molecule has 2 aromatic rings. The highest BCUT2D eigenvalue weighted by molar-refractivity contribution is 5.31. The van der Waals surface area contributed by atoms with Crippen molar-refractivity contribution in [3.8, 4) is 0 Å². The molecule has 2 aromatic carbocycles. The average Bonchev–Trinajstić information content (AvgIpc) is 2.59. The zero-order chi connectivity index (χ0) is 17.6. The first-order chi connectivity index (χ1) is 11.4. The van der Waals surface area contributed by atoms with Crippen LogP contribution < -0.4 is 0 Å². The Hall–Kier alpha value is -1.64. The highest BCUT2D eigenvalue weighted by Gasteiger charge is 2.30. The molecule has 0 bridgehead atoms. The average molecular weight is 326 g/mol. The summed E-state index contributed by atoms with van der Waals surface area (Å²) in [5, 5.41) is 0. The van der Waals surface area contributed by atoms with Crippen molar-refractivity contribution in [3.05, 3.63) is 71.3 Å². The minimum Gasteiger partial charge on any atom is -0.225 e. The fourth-order valence-corrected chi connectivity index (χ4v) is 2.83. The van der Waals surface area contributed by atoms with Gasteiger partial charge >= 0.3 is 0 Å². The monoisotopic (exact) mass is 326 g/mol. The van der Waals surface area contributed by atoms with Crippen molar-refractivity contribution in [2.24, 2.45) is 0 Å². The Bertz CT molecular complexity index is 629. The lowest BCUT2D eigenvalue weighted by molar-refractivity contribution is -0.410. The Morgan fingerprint density at radius 2 is 1.33 bits per heavy atom. The first kappa shape index (κ1) is 18.7. The van der Waals surface area contributed by atoms with Crippen molar-refractivity contribution in [1.82, 2.24) is 0 Å². The molecule has 130 valence electrons. The number of hydrogen-bond acceptors (Lipinski definition) is 2. The van der Waals surface area contributed by atoms with Crippen molar-refractivity contribution < 1.29 is 9.78 Å². The third kappa shape index (κ3) is 4.68. The van der Waals surface area contributed by atoms with Crippen LogP contribution in [-0.2, 0) is 27.4 Å². The van der Waals surface area contributed by atoms with E-state index in [4.69, 9.17) is 9.78 Å². The minimum absolute atomic E-state index is 0.503. The molecule has 0 aliphatic carbocycles. The van der Waals surface area contributed by atoms with Crippen LogP contribution in [0.15, 0.2) is 54.6 Å². The third-order valence-corrected chi connectivity index (χ3v) is 4.39. The van der Waals surface area contributed by atoms with E-state index in [1.807, 2.05) is 32.0 Å². The number of hydrogen-bond donors (Lipinski definition) is 0. The Morgan fingerprint density at radius 3 is 2.00 bits per heavy atom. The van der Waals surface area contributed by atoms with Crippen LogP contribution >= 0.6 is 0 Å². The van der Waals surface area contributed by atoms with E-state index >= 15 is 0 Å². The van der Waals surface area contributed by atoms with Crippen molar-refractivity contribution in [3.63, 3.8) is 0 Å². The lowest BCUT2D eigenvalue weighted by Crippen LogP contribution is -2.30. The molecule has 0 fully saturated rings. The van der Waals surface area contributed by atoms with E-state index in [2.05, 4.69) is 57.2 Å². The lowest BCUT2D eigenvalue weighted by atomic mass is 9.91. The summed E-state index contributed by atoms with van der Waals surface area (Å²) < 4.78 is 0. The Kier molecular flexibility index (Phi) is 6.20. The number of rotatable bonds is 8. The molecule has 0 aliphatic heterocycles. The minimum atomic E-state index is -0.504. The van der Waals surface area contributed by atoms with Crippen molar-refractivity contribution >= 4 is 0 Å². The maximum absolute atomic E-state index is 5.96. The molecule has 0 aromatic heterocycles. The van der Waals surface area contributed by atoms with E-state index in [-0.39, 0.29) is 0 Å². The van der Waals surface area contributed by atoms with E-state index in [0.29, 0.717) is 0 Å². The summed E-state index contributed by atoms with van der Waals surface area (Å²) in [4.78, 5) is 11.8. The van der Waals surface area contributed by atoms with Crippen molar-refractivity contribution in [1.29, 1.82) is 0 Å². The van der Waals surface area contributed by atoms with Crippen LogP contribution in [0, 0.1) is 0 Å². The van der Waals surface area contributed by atoms with Crippen molar-refractivity contribution in [2.45, 2.75) is 65.1 Å². The smallest absolute Gasteiger partial charge is 0.123 e. The fourth-order valence-electron chi connectivity index (χ4n) is 2.83. The zero-order valence-corrected chi connectivity index (χ0v) is 15.6. The first-order valence-electron chi connectivity index (χ1n) is 8.87. The van der Waals surface area contributed by atoms with Crippen LogP contribution in [0.3, 0.4) is 0 Å². The third-order valence-electron chi connectivity index (χ3n) is 4.39. The second kappa shape index (κ2) is 7.96. The van der Waals surface area contributed by atoms with Gasteiger partial charge in [-0.2, -0.15) is 0 Å². The van der Waals surface area contributed by atoms with Crippen LogP contribution in [0.2, 0.25) is 0 Å². The maximum atomic E-state index is 5.96. The van der Waals surface area contributed by atoms with Gasteiger partial charge in [0.05, 0.1) is 0 Å². The molecule has 0 unspecified atom stereocenters. The van der Waals surface area contributed by atoms with Crippen molar-refractivity contribution in [2.75, 3.05) is 0 Å². The van der Waals surface area contributed by atoms with Gasteiger partial charge in [0.25, 0.3) is 0 Å². The molecule has 0 atom stereocenters. The number of benzene rings is 2. The molecule has 0 N–H and O–H groups in total. The maximum Gasteiger partial charge on any atom is 0.123 e. The molecule has 0 heterocycles. The van der Waals surface area contributed by atoms with E-state index in [9.17, 15) is 0 Å². The predicted octanol–water partition coefficient (Wildman–Crippen LogP) is 6.15. The van der Waals surface area contributed by atoms with Gasteiger partial charge in [-0.25, -0.2) is 9.78 Å². The standard InChI is InChI=1S/C22H30O2/c1-6-7-13-18-14-11-12-17-20(18)22(4,5)24-23-21(2,3)19-15-9-8-10-16-19/h8-12,14-17H,6-7,13H2,1-5H3. The summed E-state index contributed by atoms with van der Waals surface area (Å²) in [5.41, 5.74) is 2.63. The molecule has 0 aliphatic rings. The first-order valence-corrected chi connectivity index (χ1v) is 8.87. The molecule has 2 nitrogen and oxygen atoms in total. The van der Waals surface area contributed by atoms with Gasteiger partial charge in [-0.15, -0.1) is 0 Å². The topological polar surface area (TPSA) is 18.5 Å². The van der Waals surface area contributed by atoms with E-state index < -0.39 is 11.2 Å². The number of unbranched alkanes of at least 4 members (excludes halogenated alkanes) is 1. The van der Waals surface area contributed by atoms with Gasteiger partial charge in [0.15, 0.2) is 0 Å². The molecular weight excluding hydrogens is 296 g/mol. The predicted molar refractivity (Wildman–Crippen MR) is 99.7 cm³/mol. The molecule has 0 saturated carbocycles. The Morgan fingerprint density at radius 1 is 0.750 bits per heavy atom. The van der Waals surface area contributed by atoms with E-state index in [1.165, 1.54) is 24.0 Å². The molecule has 0 radical (unpaired) electrons. The highest BCUT2D eigenvalue weighted by atomic mass is 17.2. The summed E-state index contributed by atoms with van der Waals surface area (Å²) in [6.07, 6.45) is 3.44. The van der Waals surface area contributed by atoms with Gasteiger partial charge in [0, 0.05) is 0 Å². The Balaban J connectivity index is 2.14. The molecule has 0 spiro atoms. The highest BCUT2D eigenvalue weighted by Crippen LogP contribution is 2.33. The van der Waals surface area contributed by atoms with Gasteiger partial charge in [0.2, 0.25) is 0 Å². The summed E-state index contributed by atoms with van der Waals surface area (Å²) in [7, 11) is 0. The van der Waals surface area contributed by atoms with Gasteiger partial charge in [-0.1, -0.05) is 67.9 Å². The van der Waals surface area contributed by atoms with E-state index in [0.717, 1.165) is 12.0 Å². The quantitative estimate of drug-likeness (QED) is 0.428. The van der Waals surface area contributed by atoms with Gasteiger partial charge in [0.1, 0.15) is 11.2 Å². The second-order valence-corrected chi connectivity index (χ2v) is 7.31. The Labute approximate surface area is 146 Å². The zero-order valence-electron chi connectivity index (χ0n) is 15.6. The van der Waals surface area contributed by atoms with Crippen LogP contribution in [0.5, 0.6) is 0 Å². The molecule has 2 heteroatoms. The summed E-state index contributed by atoms with van der Waals surface area (Å²) in [6.45, 7) is 10.4. The summed E-state index contributed by atoms with van der Waals surface area (Å²) in [5.74, 6) is 0. The van der Waals surface area contributed by atoms with Gasteiger partial charge < -0.3 is 0 Å². The molecule has 24 heavy (non-hydrogen) atoms.